The minimum absolute atomic E-state index is 0.707. The van der Waals surface area contributed by atoms with Gasteiger partial charge in [0.2, 0.25) is 0 Å². The second-order valence-corrected chi connectivity index (χ2v) is 2.52. The van der Waals surface area contributed by atoms with E-state index in [1.54, 1.807) is 0 Å². The van der Waals surface area contributed by atoms with Gasteiger partial charge in [-0.3, -0.25) is 0 Å². The quantitative estimate of drug-likeness (QED) is 0.489. The summed E-state index contributed by atoms with van der Waals surface area (Å²) in [6, 6.07) is 0. The molecular formula is C9H15FN2. The molecule has 68 valence electrons. The van der Waals surface area contributed by atoms with Crippen molar-refractivity contribution in [2.75, 3.05) is 0 Å². The number of halogens is 1. The summed E-state index contributed by atoms with van der Waals surface area (Å²) in [5.74, 6) is 0. The maximum absolute atomic E-state index is 11.7. The highest BCUT2D eigenvalue weighted by Crippen LogP contribution is 2.04. The van der Waals surface area contributed by atoms with Gasteiger partial charge in [0, 0.05) is 17.6 Å². The van der Waals surface area contributed by atoms with Crippen LogP contribution in [0.15, 0.2) is 36.3 Å². The van der Waals surface area contributed by atoms with Crippen LogP contribution in [0.1, 0.15) is 20.3 Å². The van der Waals surface area contributed by atoms with E-state index in [1.807, 2.05) is 13.8 Å². The van der Waals surface area contributed by atoms with Crippen molar-refractivity contribution in [3.05, 3.63) is 36.3 Å². The van der Waals surface area contributed by atoms with E-state index in [0.29, 0.717) is 12.1 Å². The Labute approximate surface area is 72.8 Å². The number of rotatable bonds is 5. The topological polar surface area (TPSA) is 24.1 Å². The van der Waals surface area contributed by atoms with Crippen LogP contribution < -0.4 is 10.9 Å². The highest BCUT2D eigenvalue weighted by atomic mass is 19.2. The summed E-state index contributed by atoms with van der Waals surface area (Å²) < 4.78 is 11.7. The first-order valence-electron chi connectivity index (χ1n) is 3.78. The fourth-order valence-corrected chi connectivity index (χ4v) is 0.593. The van der Waals surface area contributed by atoms with Gasteiger partial charge in [0.05, 0.1) is 0 Å². The molecule has 0 aliphatic rings. The zero-order valence-electron chi connectivity index (χ0n) is 7.58. The molecule has 3 heteroatoms. The Balaban J connectivity index is 4.12. The molecule has 0 saturated carbocycles. The fraction of sp³-hybridized carbons (Fsp3) is 0.333. The summed E-state index contributed by atoms with van der Waals surface area (Å²) >= 11 is 0. The molecule has 12 heavy (non-hydrogen) atoms. The normalized spacial score (nSPS) is 10.8. The number of allylic oxidation sites excluding steroid dienone is 2. The molecule has 0 aromatic heterocycles. The van der Waals surface area contributed by atoms with Gasteiger partial charge in [-0.15, -0.1) is 4.48 Å². The molecule has 2 N–H and O–H groups in total. The maximum atomic E-state index is 11.7. The number of nitrogens with one attached hydrogen (secondary N) is 2. The number of hydrogen-bond acceptors (Lipinski definition) is 2. The van der Waals surface area contributed by atoms with Gasteiger partial charge in [0.15, 0.2) is 0 Å². The smallest absolute Gasteiger partial charge is 0.0487 e. The van der Waals surface area contributed by atoms with Gasteiger partial charge in [-0.25, -0.2) is 5.54 Å². The molecule has 0 heterocycles. The van der Waals surface area contributed by atoms with E-state index in [2.05, 4.69) is 18.5 Å². The van der Waals surface area contributed by atoms with Crippen LogP contribution in [0.25, 0.3) is 0 Å². The summed E-state index contributed by atoms with van der Waals surface area (Å²) in [5, 5.41) is 2.93. The molecule has 0 aliphatic carbocycles. The van der Waals surface area contributed by atoms with Crippen LogP contribution in [-0.4, -0.2) is 0 Å². The van der Waals surface area contributed by atoms with E-state index in [-0.39, 0.29) is 0 Å². The van der Waals surface area contributed by atoms with Crippen molar-refractivity contribution in [2.24, 2.45) is 0 Å². The third-order valence-corrected chi connectivity index (χ3v) is 1.44. The molecule has 0 fully saturated rings. The lowest BCUT2D eigenvalue weighted by Crippen LogP contribution is -2.13. The first-order valence-corrected chi connectivity index (χ1v) is 3.78. The predicted octanol–water partition coefficient (Wildman–Crippen LogP) is 2.39. The average Bonchev–Trinajstić information content (AvgIpc) is 2.03. The Kier molecular flexibility index (Phi) is 4.84. The maximum Gasteiger partial charge on any atom is 0.0487 e. The van der Waals surface area contributed by atoms with E-state index < -0.39 is 0 Å². The first-order chi connectivity index (χ1) is 5.61. The van der Waals surface area contributed by atoms with Crippen LogP contribution in [-0.2, 0) is 0 Å². The summed E-state index contributed by atoms with van der Waals surface area (Å²) in [6.45, 7) is 11.2. The predicted molar refractivity (Wildman–Crippen MR) is 49.7 cm³/mol. The van der Waals surface area contributed by atoms with Crippen molar-refractivity contribution >= 4 is 0 Å². The molecule has 0 atom stereocenters. The van der Waals surface area contributed by atoms with Crippen LogP contribution >= 0.6 is 0 Å². The lowest BCUT2D eigenvalue weighted by molar-refractivity contribution is 0.403. The zero-order valence-corrected chi connectivity index (χ0v) is 7.58. The highest BCUT2D eigenvalue weighted by molar-refractivity contribution is 5.24. The molecule has 2 nitrogen and oxygen atoms in total. The largest absolute Gasteiger partial charge is 0.358 e. The van der Waals surface area contributed by atoms with Crippen LogP contribution in [0.3, 0.4) is 0 Å². The molecule has 0 rings (SSSR count). The van der Waals surface area contributed by atoms with Crippen molar-refractivity contribution in [1.82, 2.24) is 10.9 Å². The van der Waals surface area contributed by atoms with Crippen LogP contribution in [0.2, 0.25) is 0 Å². The molecule has 0 bridgehead atoms. The molecule has 0 aliphatic heterocycles. The van der Waals surface area contributed by atoms with Crippen molar-refractivity contribution in [1.29, 1.82) is 0 Å². The standard InChI is InChI=1S/C9H15FN2/c1-5-9(6-11-10)12-8(4)7(2)3/h6,11-12H,2,4-5H2,1,3H3/b9-6+. The summed E-state index contributed by atoms with van der Waals surface area (Å²) in [6.07, 6.45) is 1.97. The molecular weight excluding hydrogens is 155 g/mol. The molecule has 0 aromatic carbocycles. The minimum Gasteiger partial charge on any atom is -0.358 e. The number of hydrogen-bond donors (Lipinski definition) is 2. The Morgan fingerprint density at radius 1 is 1.50 bits per heavy atom. The molecule has 0 spiro atoms. The first kappa shape index (κ1) is 10.8. The fourth-order valence-electron chi connectivity index (χ4n) is 0.593. The van der Waals surface area contributed by atoms with Gasteiger partial charge in [-0.1, -0.05) is 20.1 Å². The van der Waals surface area contributed by atoms with Crippen LogP contribution in [0, 0.1) is 0 Å². The van der Waals surface area contributed by atoms with Gasteiger partial charge in [0.1, 0.15) is 0 Å². The van der Waals surface area contributed by atoms with E-state index >= 15 is 0 Å². The van der Waals surface area contributed by atoms with Crippen molar-refractivity contribution in [3.63, 3.8) is 0 Å². The van der Waals surface area contributed by atoms with E-state index in [0.717, 1.165) is 11.3 Å². The lowest BCUT2D eigenvalue weighted by Gasteiger charge is -2.10. The van der Waals surface area contributed by atoms with E-state index in [4.69, 9.17) is 0 Å². The van der Waals surface area contributed by atoms with Crippen LogP contribution in [0.4, 0.5) is 4.48 Å². The monoisotopic (exact) mass is 170 g/mol. The molecule has 0 amide bonds. The SMILES string of the molecule is C=C(C)C(=C)N/C(=C/NF)CC. The van der Waals surface area contributed by atoms with Gasteiger partial charge in [-0.2, -0.15) is 0 Å². The second kappa shape index (κ2) is 5.41. The van der Waals surface area contributed by atoms with E-state index in [1.165, 1.54) is 11.7 Å². The van der Waals surface area contributed by atoms with Crippen molar-refractivity contribution < 1.29 is 4.48 Å². The molecule has 0 saturated heterocycles. The Hall–Kier alpha value is -1.25. The van der Waals surface area contributed by atoms with Crippen LogP contribution in [0.5, 0.6) is 0 Å². The van der Waals surface area contributed by atoms with E-state index in [9.17, 15) is 4.48 Å². The zero-order chi connectivity index (χ0) is 9.56. The lowest BCUT2D eigenvalue weighted by atomic mass is 10.2. The third kappa shape index (κ3) is 3.81. The van der Waals surface area contributed by atoms with Gasteiger partial charge in [0.25, 0.3) is 0 Å². The highest BCUT2D eigenvalue weighted by Gasteiger charge is 1.96. The summed E-state index contributed by atoms with van der Waals surface area (Å²) in [4.78, 5) is 0. The average molecular weight is 170 g/mol. The van der Waals surface area contributed by atoms with Gasteiger partial charge < -0.3 is 5.32 Å². The molecule has 0 unspecified atom stereocenters. The Morgan fingerprint density at radius 2 is 2.08 bits per heavy atom. The molecule has 0 aromatic rings. The van der Waals surface area contributed by atoms with Crippen molar-refractivity contribution in [2.45, 2.75) is 20.3 Å². The minimum atomic E-state index is 0.707. The van der Waals surface area contributed by atoms with Gasteiger partial charge >= 0.3 is 0 Å². The van der Waals surface area contributed by atoms with Gasteiger partial charge in [-0.05, 0) is 18.9 Å². The Bertz CT molecular complexity index is 207. The van der Waals surface area contributed by atoms with Crippen molar-refractivity contribution in [3.8, 4) is 0 Å². The molecule has 0 radical (unpaired) electrons. The third-order valence-electron chi connectivity index (χ3n) is 1.44. The summed E-state index contributed by atoms with van der Waals surface area (Å²) in [5.41, 5.74) is 3.76. The summed E-state index contributed by atoms with van der Waals surface area (Å²) in [7, 11) is 0. The Morgan fingerprint density at radius 3 is 2.42 bits per heavy atom. The second-order valence-electron chi connectivity index (χ2n) is 2.52.